The molecule has 0 aromatic carbocycles. The fourth-order valence-corrected chi connectivity index (χ4v) is 11.4. The predicted molar refractivity (Wildman–Crippen MR) is 128 cm³/mol. The molecule has 0 unspecified atom stereocenters. The first-order valence-electron chi connectivity index (χ1n) is 13.4. The molecule has 2 N–H and O–H groups in total. The second kappa shape index (κ2) is 7.50. The van der Waals surface area contributed by atoms with Crippen molar-refractivity contribution in [3.63, 3.8) is 0 Å². The minimum absolute atomic E-state index is 0.0309. The first-order valence-corrected chi connectivity index (χ1v) is 14.3. The highest BCUT2D eigenvalue weighted by Gasteiger charge is 2.74. The van der Waals surface area contributed by atoms with Crippen LogP contribution >= 0.6 is 15.9 Å². The van der Waals surface area contributed by atoms with Gasteiger partial charge >= 0.3 is 0 Å². The van der Waals surface area contributed by atoms with E-state index in [1.165, 1.54) is 0 Å². The molecule has 14 atom stereocenters. The molecule has 6 aliphatic rings. The first kappa shape index (κ1) is 23.4. The normalized spacial score (nSPS) is 62.5. The van der Waals surface area contributed by atoms with Crippen LogP contribution in [0.4, 0.5) is 0 Å². The van der Waals surface area contributed by atoms with Crippen molar-refractivity contribution in [2.45, 2.75) is 102 Å². The molecule has 0 radical (unpaired) electrons. The molecule has 6 rings (SSSR count). The Hall–Kier alpha value is -0.0100. The quantitative estimate of drug-likeness (QED) is 0.461. The van der Waals surface area contributed by atoms with E-state index in [2.05, 4.69) is 43.6 Å². The van der Waals surface area contributed by atoms with Gasteiger partial charge in [0.1, 0.15) is 6.10 Å². The van der Waals surface area contributed by atoms with Gasteiger partial charge in [-0.2, -0.15) is 0 Å². The fourth-order valence-electron chi connectivity index (χ4n) is 10.1. The Morgan fingerprint density at radius 2 is 1.82 bits per heavy atom. The summed E-state index contributed by atoms with van der Waals surface area (Å²) in [5, 5.41) is 22.1. The number of hydrogen-bond acceptors (Lipinski definition) is 5. The van der Waals surface area contributed by atoms with E-state index in [0.29, 0.717) is 30.3 Å². The topological polar surface area (TPSA) is 76.0 Å². The molecule has 1 spiro atoms. The Labute approximate surface area is 206 Å². The van der Waals surface area contributed by atoms with Crippen LogP contribution in [-0.2, 0) is 14.3 Å². The summed E-state index contributed by atoms with van der Waals surface area (Å²) in [5.41, 5.74) is -0.571. The molecule has 2 aliphatic heterocycles. The molecule has 0 bridgehead atoms. The fraction of sp³-hybridized carbons (Fsp3) is 0.963. The van der Waals surface area contributed by atoms with Gasteiger partial charge in [0.05, 0.1) is 23.6 Å². The number of carbonyl (C=O) groups is 1. The van der Waals surface area contributed by atoms with Crippen molar-refractivity contribution < 1.29 is 24.5 Å². The van der Waals surface area contributed by atoms with Gasteiger partial charge in [-0.25, -0.2) is 0 Å². The van der Waals surface area contributed by atoms with Crippen LogP contribution in [0.3, 0.4) is 0 Å². The smallest absolute Gasteiger partial charge is 0.184 e. The Balaban J connectivity index is 1.34. The summed E-state index contributed by atoms with van der Waals surface area (Å²) in [7, 11) is 0. The third-order valence-electron chi connectivity index (χ3n) is 11.7. The number of aliphatic hydroxyl groups excluding tert-OH is 2. The third kappa shape index (κ3) is 2.88. The maximum Gasteiger partial charge on any atom is 0.184 e. The molecule has 2 heterocycles. The second-order valence-electron chi connectivity index (χ2n) is 13.2. The number of aliphatic hydroxyl groups is 2. The van der Waals surface area contributed by atoms with Crippen molar-refractivity contribution in [2.75, 3.05) is 6.61 Å². The predicted octanol–water partition coefficient (Wildman–Crippen LogP) is 4.32. The first-order chi connectivity index (χ1) is 15.5. The summed E-state index contributed by atoms with van der Waals surface area (Å²) in [4.78, 5) is 14.2. The molecular formula is C27H41BrO5. The number of halogens is 1. The van der Waals surface area contributed by atoms with Gasteiger partial charge in [0.25, 0.3) is 0 Å². The lowest BCUT2D eigenvalue weighted by molar-refractivity contribution is -0.268. The molecule has 4 saturated carbocycles. The van der Waals surface area contributed by atoms with E-state index in [-0.39, 0.29) is 46.0 Å². The number of fused-ring (bicyclic) bond motifs is 7. The van der Waals surface area contributed by atoms with E-state index in [4.69, 9.17) is 9.47 Å². The molecule has 0 aromatic rings. The number of hydrogen-bond donors (Lipinski definition) is 2. The summed E-state index contributed by atoms with van der Waals surface area (Å²) in [6.07, 6.45) is 5.38. The maximum absolute atomic E-state index is 14.0. The molecule has 6 heteroatoms. The number of carbonyl (C=O) groups excluding carboxylic acids is 1. The summed E-state index contributed by atoms with van der Waals surface area (Å²) >= 11 is 3.90. The lowest BCUT2D eigenvalue weighted by atomic mass is 9.43. The number of Topliss-reactive ketones (excluding diaryl/α,β-unsaturated/α-hetero) is 1. The zero-order valence-electron chi connectivity index (χ0n) is 20.5. The average Bonchev–Trinajstić information content (AvgIpc) is 3.22. The molecule has 0 aromatic heterocycles. The van der Waals surface area contributed by atoms with Gasteiger partial charge in [-0.1, -0.05) is 43.6 Å². The van der Waals surface area contributed by atoms with Crippen molar-refractivity contribution >= 4 is 21.7 Å². The van der Waals surface area contributed by atoms with Gasteiger partial charge in [0.2, 0.25) is 0 Å². The van der Waals surface area contributed by atoms with Gasteiger partial charge in [0.15, 0.2) is 11.6 Å². The third-order valence-corrected chi connectivity index (χ3v) is 12.7. The zero-order chi connectivity index (χ0) is 23.5. The van der Waals surface area contributed by atoms with E-state index in [9.17, 15) is 15.0 Å². The van der Waals surface area contributed by atoms with Crippen LogP contribution in [0.5, 0.6) is 0 Å². The summed E-state index contributed by atoms with van der Waals surface area (Å²) < 4.78 is 13.3. The summed E-state index contributed by atoms with van der Waals surface area (Å²) in [5.74, 6) is 1.05. The minimum Gasteiger partial charge on any atom is -0.393 e. The lowest BCUT2D eigenvalue weighted by Gasteiger charge is -2.61. The maximum atomic E-state index is 14.0. The lowest BCUT2D eigenvalue weighted by Crippen LogP contribution is -2.64. The van der Waals surface area contributed by atoms with Gasteiger partial charge in [-0.15, -0.1) is 0 Å². The Morgan fingerprint density at radius 3 is 2.55 bits per heavy atom. The van der Waals surface area contributed by atoms with Crippen LogP contribution < -0.4 is 0 Å². The number of rotatable bonds is 0. The monoisotopic (exact) mass is 524 g/mol. The van der Waals surface area contributed by atoms with Crippen molar-refractivity contribution in [3.8, 4) is 0 Å². The van der Waals surface area contributed by atoms with Crippen molar-refractivity contribution in [1.29, 1.82) is 0 Å². The van der Waals surface area contributed by atoms with Crippen LogP contribution in [0, 0.1) is 52.3 Å². The summed E-state index contributed by atoms with van der Waals surface area (Å²) in [6.45, 7) is 9.61. The van der Waals surface area contributed by atoms with Crippen molar-refractivity contribution in [1.82, 2.24) is 0 Å². The molecule has 5 nitrogen and oxygen atoms in total. The summed E-state index contributed by atoms with van der Waals surface area (Å²) in [6, 6.07) is 0. The molecule has 0 amide bonds. The minimum atomic E-state index is -0.946. The van der Waals surface area contributed by atoms with Crippen LogP contribution in [-0.4, -0.2) is 51.5 Å². The highest BCUT2D eigenvalue weighted by atomic mass is 79.9. The van der Waals surface area contributed by atoms with Gasteiger partial charge in [0, 0.05) is 23.2 Å². The van der Waals surface area contributed by atoms with E-state index in [0.717, 1.165) is 44.9 Å². The standard InChI is InChI=1S/C27H41BrO5/c1-13-9-20(28)27(32-12-13)14(2)21-19(33-27)11-18-17-6-5-15-10-16(29)7-8-25(15,3)22(17)23(30)24(31)26(18,21)4/h13-22,24,29,31H,5-12H2,1-4H3/t13-,14-,15+,16+,17+,18+,19+,20+,21+,22-,24-,25+,26+,27+/m1/s1. The SMILES string of the molecule is C[C@H]1CO[C@@]2(O[C@H]3C[C@H]4[C@@H]5CC[C@H]6C[C@@H](O)CC[C@]6(C)[C@H]5C(=O)[C@@H](O)[C@]4(C)[C@H]3[C@H]2C)[C@@H](Br)C1. The van der Waals surface area contributed by atoms with Gasteiger partial charge < -0.3 is 19.7 Å². The zero-order valence-corrected chi connectivity index (χ0v) is 22.1. The van der Waals surface area contributed by atoms with Gasteiger partial charge in [-0.3, -0.25) is 4.79 Å². The molecule has 186 valence electrons. The van der Waals surface area contributed by atoms with E-state index in [1.54, 1.807) is 0 Å². The average molecular weight is 526 g/mol. The molecule has 4 aliphatic carbocycles. The molecule has 6 fully saturated rings. The van der Waals surface area contributed by atoms with Crippen molar-refractivity contribution in [3.05, 3.63) is 0 Å². The van der Waals surface area contributed by atoms with Crippen LogP contribution in [0.15, 0.2) is 0 Å². The van der Waals surface area contributed by atoms with Crippen LogP contribution in [0.1, 0.15) is 72.6 Å². The van der Waals surface area contributed by atoms with Gasteiger partial charge in [-0.05, 0) is 74.0 Å². The van der Waals surface area contributed by atoms with E-state index >= 15 is 0 Å². The van der Waals surface area contributed by atoms with Crippen LogP contribution in [0.2, 0.25) is 0 Å². The Bertz CT molecular complexity index is 835. The Morgan fingerprint density at radius 1 is 1.06 bits per heavy atom. The van der Waals surface area contributed by atoms with E-state index in [1.807, 2.05) is 0 Å². The largest absolute Gasteiger partial charge is 0.393 e. The molecule has 33 heavy (non-hydrogen) atoms. The Kier molecular flexibility index (Phi) is 5.32. The second-order valence-corrected chi connectivity index (χ2v) is 14.3. The molecular weight excluding hydrogens is 484 g/mol. The van der Waals surface area contributed by atoms with Crippen molar-refractivity contribution in [2.24, 2.45) is 52.3 Å². The highest BCUT2D eigenvalue weighted by Crippen LogP contribution is 2.70. The van der Waals surface area contributed by atoms with E-state index < -0.39 is 17.3 Å². The number of alkyl halides is 1. The van der Waals surface area contributed by atoms with Crippen LogP contribution in [0.25, 0.3) is 0 Å². The molecule has 2 saturated heterocycles. The number of ether oxygens (including phenoxy) is 2. The number of ketones is 1. The highest BCUT2D eigenvalue weighted by molar-refractivity contribution is 9.09.